The molecule has 0 bridgehead atoms. The maximum absolute atomic E-state index is 4.35. The van der Waals surface area contributed by atoms with Crippen LogP contribution in [0, 0.1) is 34.5 Å². The van der Waals surface area contributed by atoms with Crippen molar-refractivity contribution < 1.29 is 0 Å². The maximum atomic E-state index is 4.35. The van der Waals surface area contributed by atoms with Gasteiger partial charge in [-0.25, -0.2) is 0 Å². The van der Waals surface area contributed by atoms with Crippen molar-refractivity contribution in [3.63, 3.8) is 0 Å². The van der Waals surface area contributed by atoms with E-state index >= 15 is 0 Å². The van der Waals surface area contributed by atoms with Crippen LogP contribution in [0.3, 0.4) is 0 Å². The fourth-order valence-electron chi connectivity index (χ4n) is 11.1. The Bertz CT molecular complexity index is 2520. The van der Waals surface area contributed by atoms with E-state index in [9.17, 15) is 0 Å². The van der Waals surface area contributed by atoms with Crippen LogP contribution in [0.2, 0.25) is 0 Å². The van der Waals surface area contributed by atoms with Gasteiger partial charge >= 0.3 is 0 Å². The summed E-state index contributed by atoms with van der Waals surface area (Å²) in [5, 5.41) is 12.3. The molecule has 5 rings (SSSR count). The van der Waals surface area contributed by atoms with Gasteiger partial charge in [0.05, 0.1) is 0 Å². The predicted molar refractivity (Wildman–Crippen MR) is 321 cm³/mol. The highest BCUT2D eigenvalue weighted by Gasteiger charge is 2.40. The van der Waals surface area contributed by atoms with Gasteiger partial charge < -0.3 is 10.6 Å². The number of rotatable bonds is 20. The third-order valence-corrected chi connectivity index (χ3v) is 17.7. The average molecular weight is 975 g/mol. The second-order valence-electron chi connectivity index (χ2n) is 26.1. The number of fused-ring (bicyclic) bond motifs is 2. The summed E-state index contributed by atoms with van der Waals surface area (Å²) in [6.45, 7) is 52.1. The van der Waals surface area contributed by atoms with E-state index in [1.807, 2.05) is 11.3 Å². The Morgan fingerprint density at radius 1 is 0.901 bits per heavy atom. The zero-order chi connectivity index (χ0) is 52.8. The number of hydrogen-bond donors (Lipinski definition) is 2. The number of allylic oxidation sites excluding steroid dienone is 9. The maximum Gasteiger partial charge on any atom is 0.243 e. The molecule has 4 heteroatoms. The Hall–Kier alpha value is -4.02. The lowest BCUT2D eigenvalue weighted by Gasteiger charge is -2.42. The highest BCUT2D eigenvalue weighted by molar-refractivity contribution is 7.19. The van der Waals surface area contributed by atoms with Gasteiger partial charge in [-0.1, -0.05) is 206 Å². The molecule has 0 saturated heterocycles. The molecule has 1 heterocycles. The van der Waals surface area contributed by atoms with E-state index in [4.69, 9.17) is 0 Å². The first-order valence-corrected chi connectivity index (χ1v) is 28.6. The summed E-state index contributed by atoms with van der Waals surface area (Å²) in [5.74, 6) is 2.40. The van der Waals surface area contributed by atoms with Crippen LogP contribution in [-0.2, 0) is 10.8 Å². The molecule has 2 nitrogen and oxygen atoms in total. The normalized spacial score (nSPS) is 19.6. The van der Waals surface area contributed by atoms with Gasteiger partial charge in [-0.05, 0) is 180 Å². The molecule has 1 aromatic heterocycles. The third kappa shape index (κ3) is 14.4. The average Bonchev–Trinajstić information content (AvgIpc) is 3.71. The van der Waals surface area contributed by atoms with Crippen LogP contribution in [0.25, 0.3) is 10.1 Å². The van der Waals surface area contributed by atoms with E-state index in [1.54, 1.807) is 0 Å². The summed E-state index contributed by atoms with van der Waals surface area (Å²) in [6.07, 6.45) is 25.6. The molecular formula is C67H99BN2S. The molecule has 2 aromatic carbocycles. The smallest absolute Gasteiger partial charge is 0.243 e. The van der Waals surface area contributed by atoms with E-state index in [1.165, 1.54) is 102 Å². The first kappa shape index (κ1) is 57.9. The van der Waals surface area contributed by atoms with Crippen molar-refractivity contribution in [3.05, 3.63) is 153 Å². The molecule has 0 amide bonds. The number of nitrogens with one attached hydrogen (secondary N) is 2. The van der Waals surface area contributed by atoms with Crippen molar-refractivity contribution in [1.29, 1.82) is 0 Å². The summed E-state index contributed by atoms with van der Waals surface area (Å²) in [5.41, 5.74) is 17.1. The minimum atomic E-state index is 0.0115. The van der Waals surface area contributed by atoms with E-state index < -0.39 is 0 Å². The molecule has 3 aromatic rings. The second kappa shape index (κ2) is 23.9. The van der Waals surface area contributed by atoms with Gasteiger partial charge in [0.2, 0.25) is 6.71 Å². The van der Waals surface area contributed by atoms with Gasteiger partial charge in [0, 0.05) is 23.0 Å². The first-order chi connectivity index (χ1) is 33.1. The molecule has 2 N–H and O–H groups in total. The van der Waals surface area contributed by atoms with Crippen molar-refractivity contribution in [2.45, 2.75) is 200 Å². The Morgan fingerprint density at radius 2 is 1.54 bits per heavy atom. The summed E-state index contributed by atoms with van der Waals surface area (Å²) < 4.78 is 1.40. The van der Waals surface area contributed by atoms with Crippen molar-refractivity contribution in [2.24, 2.45) is 34.5 Å². The van der Waals surface area contributed by atoms with E-state index in [0.29, 0.717) is 29.6 Å². The Balaban J connectivity index is 1.82. The Labute approximate surface area is 441 Å². The first-order valence-electron chi connectivity index (χ1n) is 27.7. The summed E-state index contributed by atoms with van der Waals surface area (Å²) in [6, 6.07) is 15.1. The van der Waals surface area contributed by atoms with Crippen molar-refractivity contribution in [1.82, 2.24) is 10.6 Å². The van der Waals surface area contributed by atoms with Gasteiger partial charge in [0.15, 0.2) is 0 Å². The molecule has 0 fully saturated rings. The van der Waals surface area contributed by atoms with Crippen LogP contribution >= 0.6 is 11.3 Å². The highest BCUT2D eigenvalue weighted by atomic mass is 32.1. The molecule has 4 atom stereocenters. The summed E-state index contributed by atoms with van der Waals surface area (Å²) in [4.78, 5) is 0. The molecule has 386 valence electrons. The van der Waals surface area contributed by atoms with Crippen molar-refractivity contribution in [2.75, 3.05) is 6.54 Å². The molecular weight excluding hydrogens is 876 g/mol. The van der Waals surface area contributed by atoms with Crippen LogP contribution in [0.15, 0.2) is 136 Å². The van der Waals surface area contributed by atoms with Crippen LogP contribution in [0.4, 0.5) is 0 Å². The van der Waals surface area contributed by atoms with E-state index in [-0.39, 0.29) is 34.4 Å². The topological polar surface area (TPSA) is 24.1 Å². The minimum Gasteiger partial charge on any atom is -0.385 e. The SMILES string of the molecule is C=CC(C(C)C)C(/C=C/NC1CC(C)=CC(NCC(=C\C(=C/C)CC)/C(C)=C/C=C(\C)C(C)(C)C)=C1B(c1ccc(C(C)CCC(C)C)cc1)c1csc2cc3c(cc12)C(C)(C)CCC3(C)C)C(C)(C)C. The monoisotopic (exact) mass is 975 g/mol. The molecule has 2 aliphatic rings. The standard InChI is InChI=1S/C67H99BN2S/c1-22-50(23-2)39-52(48(10)27-28-49(11)64(12,13)14)42-70-61-38-46(8)37-60(69-36-33-56(65(15,16)17)54(24-3)45(6)7)63(61)68(53-31-29-51(30-32-53)47(9)26-25-44(4)5)59-43-71-62-41-58-57(40-55(59)62)66(18,19)34-35-67(58,20)21/h22,24,27-33,36,38-41,43-45,47,54,56,60,69-70H,3,23,25-26,34-35,37,42H2,1-2,4-21H3/b36-33+,48-27+,49-28+,50-22-,52-39+. The second-order valence-corrected chi connectivity index (χ2v) is 27.0. The van der Waals surface area contributed by atoms with Gasteiger partial charge in [0.1, 0.15) is 0 Å². The largest absolute Gasteiger partial charge is 0.385 e. The zero-order valence-electron chi connectivity index (χ0n) is 48.8. The zero-order valence-corrected chi connectivity index (χ0v) is 49.6. The van der Waals surface area contributed by atoms with Crippen LogP contribution < -0.4 is 21.6 Å². The van der Waals surface area contributed by atoms with Crippen LogP contribution in [0.5, 0.6) is 0 Å². The van der Waals surface area contributed by atoms with E-state index in [0.717, 1.165) is 19.4 Å². The van der Waals surface area contributed by atoms with Gasteiger partial charge in [-0.3, -0.25) is 0 Å². The molecule has 0 saturated carbocycles. The van der Waals surface area contributed by atoms with Crippen LogP contribution in [0.1, 0.15) is 200 Å². The Morgan fingerprint density at radius 3 is 2.08 bits per heavy atom. The molecule has 4 unspecified atom stereocenters. The van der Waals surface area contributed by atoms with Gasteiger partial charge in [-0.2, -0.15) is 0 Å². The third-order valence-electron chi connectivity index (χ3n) is 16.8. The molecule has 2 aliphatic carbocycles. The van der Waals surface area contributed by atoms with E-state index in [2.05, 4.69) is 246 Å². The predicted octanol–water partition coefficient (Wildman–Crippen LogP) is 17.9. The Kier molecular flexibility index (Phi) is 19.5. The lowest BCUT2D eigenvalue weighted by molar-refractivity contribution is 0.200. The number of thiophene rings is 1. The fraction of sp³-hybridized carbons (Fsp3) is 0.552. The molecule has 0 aliphatic heterocycles. The van der Waals surface area contributed by atoms with Gasteiger partial charge in [0.25, 0.3) is 0 Å². The molecule has 71 heavy (non-hydrogen) atoms. The fourth-order valence-corrected chi connectivity index (χ4v) is 12.1. The quantitative estimate of drug-likeness (QED) is 0.0670. The minimum absolute atomic E-state index is 0.0115. The van der Waals surface area contributed by atoms with Gasteiger partial charge in [-0.15, -0.1) is 17.9 Å². The molecule has 0 radical (unpaired) electrons. The lowest BCUT2D eigenvalue weighted by Crippen LogP contribution is -2.52. The lowest BCUT2D eigenvalue weighted by atomic mass is 9.34. The number of hydrogen-bond acceptors (Lipinski definition) is 3. The van der Waals surface area contributed by atoms with Crippen molar-refractivity contribution >= 4 is 39.1 Å². The summed E-state index contributed by atoms with van der Waals surface area (Å²) in [7, 11) is 0. The number of benzene rings is 2. The highest BCUT2D eigenvalue weighted by Crippen LogP contribution is 2.48. The van der Waals surface area contributed by atoms with Crippen molar-refractivity contribution in [3.8, 4) is 0 Å². The molecule has 0 spiro atoms. The van der Waals surface area contributed by atoms with Crippen LogP contribution in [-0.4, -0.2) is 19.3 Å². The summed E-state index contributed by atoms with van der Waals surface area (Å²) >= 11 is 1.94.